The highest BCUT2D eigenvalue weighted by Crippen LogP contribution is 2.26. The zero-order chi connectivity index (χ0) is 20.3. The van der Waals surface area contributed by atoms with Gasteiger partial charge in [-0.1, -0.05) is 41.4 Å². The lowest BCUT2D eigenvalue weighted by Gasteiger charge is -2.40. The third-order valence-corrected chi connectivity index (χ3v) is 5.32. The number of hydrogen-bond acceptors (Lipinski definition) is 4. The van der Waals surface area contributed by atoms with Crippen molar-refractivity contribution in [2.45, 2.75) is 31.7 Å². The number of benzene rings is 2. The summed E-state index contributed by atoms with van der Waals surface area (Å²) in [6.45, 7) is 1.02. The van der Waals surface area contributed by atoms with Crippen LogP contribution in [-0.2, 0) is 22.7 Å². The minimum absolute atomic E-state index is 0.265. The van der Waals surface area contributed by atoms with Crippen LogP contribution in [0.3, 0.4) is 0 Å². The number of nitrogens with zero attached hydrogens (tertiary/aromatic N) is 1. The van der Waals surface area contributed by atoms with Gasteiger partial charge in [0.05, 0.1) is 0 Å². The van der Waals surface area contributed by atoms with Crippen molar-refractivity contribution in [2.24, 2.45) is 5.73 Å². The topological polar surface area (TPSA) is 95.7 Å². The van der Waals surface area contributed by atoms with Crippen molar-refractivity contribution in [3.8, 4) is 0 Å². The molecule has 2 aromatic carbocycles. The molecule has 4 N–H and O–H groups in total. The molecule has 2 aromatic rings. The second-order valence-corrected chi connectivity index (χ2v) is 7.50. The minimum Gasteiger partial charge on any atom is -0.378 e. The highest BCUT2D eigenvalue weighted by atomic mass is 35.5. The summed E-state index contributed by atoms with van der Waals surface area (Å²) in [7, 11) is 0. The van der Waals surface area contributed by atoms with Gasteiger partial charge in [-0.2, -0.15) is 0 Å². The van der Waals surface area contributed by atoms with E-state index in [0.717, 1.165) is 11.1 Å². The normalized spacial score (nSPS) is 17.0. The van der Waals surface area contributed by atoms with E-state index in [9.17, 15) is 14.7 Å². The van der Waals surface area contributed by atoms with E-state index in [0.29, 0.717) is 35.1 Å². The van der Waals surface area contributed by atoms with E-state index in [-0.39, 0.29) is 12.5 Å². The molecule has 1 aliphatic heterocycles. The van der Waals surface area contributed by atoms with Gasteiger partial charge in [0, 0.05) is 29.7 Å². The second kappa shape index (κ2) is 8.92. The summed E-state index contributed by atoms with van der Waals surface area (Å²) in [5.74, 6) is -0.792. The molecule has 6 nitrogen and oxygen atoms in total. The van der Waals surface area contributed by atoms with E-state index in [1.54, 1.807) is 30.3 Å². The van der Waals surface area contributed by atoms with Crippen LogP contribution in [0.25, 0.3) is 0 Å². The quantitative estimate of drug-likeness (QED) is 0.666. The first-order valence-corrected chi connectivity index (χ1v) is 9.65. The maximum Gasteiger partial charge on any atom is 0.256 e. The number of carbonyl (C=O) groups is 2. The van der Waals surface area contributed by atoms with Crippen LogP contribution in [0.2, 0.25) is 10.0 Å². The molecule has 28 heavy (non-hydrogen) atoms. The molecule has 1 heterocycles. The van der Waals surface area contributed by atoms with Gasteiger partial charge in [0.1, 0.15) is 6.04 Å². The molecular formula is C20H21Cl2N3O3. The SMILES string of the molecule is NCc1ccc(Cl)cc1CNC(=O)[C@@H]1CCN1C(=O)[C@H](O)c1cccc(Cl)c1. The largest absolute Gasteiger partial charge is 0.378 e. The standard InChI is InChI=1S/C20H21Cl2N3O3/c21-15-3-1-2-12(8-15)18(26)20(28)25-7-6-17(25)19(27)24-11-14-9-16(22)5-4-13(14)10-23/h1-5,8-9,17-18,26H,6-7,10-11,23H2,(H,24,27)/t17-,18+/m0/s1. The molecule has 0 bridgehead atoms. The molecule has 1 saturated heterocycles. The first-order chi connectivity index (χ1) is 13.4. The summed E-state index contributed by atoms with van der Waals surface area (Å²) in [6.07, 6.45) is -0.815. The molecule has 0 spiro atoms. The number of hydrogen-bond donors (Lipinski definition) is 3. The van der Waals surface area contributed by atoms with Gasteiger partial charge in [0.2, 0.25) is 5.91 Å². The molecule has 0 radical (unpaired) electrons. The zero-order valence-corrected chi connectivity index (χ0v) is 16.6. The van der Waals surface area contributed by atoms with Gasteiger partial charge in [-0.3, -0.25) is 9.59 Å². The average molecular weight is 422 g/mol. The number of nitrogens with one attached hydrogen (secondary N) is 1. The number of halogens is 2. The molecule has 1 aliphatic rings. The number of amides is 2. The molecule has 0 saturated carbocycles. The van der Waals surface area contributed by atoms with Gasteiger partial charge in [0.25, 0.3) is 5.91 Å². The maximum atomic E-state index is 12.6. The van der Waals surface area contributed by atoms with Crippen molar-refractivity contribution in [1.82, 2.24) is 10.2 Å². The van der Waals surface area contributed by atoms with Crippen LogP contribution in [0.15, 0.2) is 42.5 Å². The lowest BCUT2D eigenvalue weighted by molar-refractivity contribution is -0.154. The fraction of sp³-hybridized carbons (Fsp3) is 0.300. The predicted octanol–water partition coefficient (Wildman–Crippen LogP) is 2.40. The van der Waals surface area contributed by atoms with Gasteiger partial charge in [-0.05, 0) is 47.4 Å². The molecule has 3 rings (SSSR count). The summed E-state index contributed by atoms with van der Waals surface area (Å²) < 4.78 is 0. The van der Waals surface area contributed by atoms with Crippen LogP contribution in [0.5, 0.6) is 0 Å². The summed E-state index contributed by atoms with van der Waals surface area (Å²) >= 11 is 11.9. The van der Waals surface area contributed by atoms with E-state index in [1.165, 1.54) is 11.0 Å². The zero-order valence-electron chi connectivity index (χ0n) is 15.1. The van der Waals surface area contributed by atoms with Crippen molar-refractivity contribution in [2.75, 3.05) is 6.54 Å². The van der Waals surface area contributed by atoms with Crippen molar-refractivity contribution < 1.29 is 14.7 Å². The minimum atomic E-state index is -1.36. The van der Waals surface area contributed by atoms with Gasteiger partial charge >= 0.3 is 0 Å². The van der Waals surface area contributed by atoms with Gasteiger partial charge < -0.3 is 21.1 Å². The fourth-order valence-corrected chi connectivity index (χ4v) is 3.55. The number of carbonyl (C=O) groups excluding carboxylic acids is 2. The van der Waals surface area contributed by atoms with E-state index in [2.05, 4.69) is 5.32 Å². The van der Waals surface area contributed by atoms with E-state index in [1.807, 2.05) is 6.07 Å². The van der Waals surface area contributed by atoms with Crippen molar-refractivity contribution in [3.63, 3.8) is 0 Å². The Morgan fingerprint density at radius 3 is 2.57 bits per heavy atom. The Kier molecular flexibility index (Phi) is 6.57. The lowest BCUT2D eigenvalue weighted by atomic mass is 9.98. The maximum absolute atomic E-state index is 12.6. The Morgan fingerprint density at radius 1 is 1.18 bits per heavy atom. The Bertz CT molecular complexity index is 891. The monoisotopic (exact) mass is 421 g/mol. The van der Waals surface area contributed by atoms with Crippen molar-refractivity contribution >= 4 is 35.0 Å². The third kappa shape index (κ3) is 4.47. The molecule has 1 fully saturated rings. The summed E-state index contributed by atoms with van der Waals surface area (Å²) in [5.41, 5.74) is 7.84. The van der Waals surface area contributed by atoms with Crippen LogP contribution in [0, 0.1) is 0 Å². The van der Waals surface area contributed by atoms with Gasteiger partial charge in [0.15, 0.2) is 6.10 Å². The average Bonchev–Trinajstić information content (AvgIpc) is 2.65. The molecule has 8 heteroatoms. The Morgan fingerprint density at radius 2 is 1.93 bits per heavy atom. The molecule has 0 unspecified atom stereocenters. The number of nitrogens with two attached hydrogens (primary N) is 1. The Hall–Kier alpha value is -2.12. The molecule has 0 aromatic heterocycles. The molecule has 0 aliphatic carbocycles. The highest BCUT2D eigenvalue weighted by Gasteiger charge is 2.40. The Balaban J connectivity index is 1.62. The fourth-order valence-electron chi connectivity index (χ4n) is 3.16. The van der Waals surface area contributed by atoms with E-state index >= 15 is 0 Å². The number of aliphatic hydroxyl groups is 1. The van der Waals surface area contributed by atoms with E-state index < -0.39 is 18.1 Å². The van der Waals surface area contributed by atoms with Crippen LogP contribution < -0.4 is 11.1 Å². The number of rotatable bonds is 6. The molecule has 2 atom stereocenters. The number of aliphatic hydroxyl groups excluding tert-OH is 1. The molecule has 148 valence electrons. The van der Waals surface area contributed by atoms with Crippen LogP contribution in [0.1, 0.15) is 29.2 Å². The van der Waals surface area contributed by atoms with Crippen LogP contribution in [-0.4, -0.2) is 34.4 Å². The van der Waals surface area contributed by atoms with Gasteiger partial charge in [-0.25, -0.2) is 0 Å². The van der Waals surface area contributed by atoms with E-state index in [4.69, 9.17) is 28.9 Å². The predicted molar refractivity (Wildman–Crippen MR) is 108 cm³/mol. The number of likely N-dealkylation sites (tertiary alicyclic amines) is 1. The van der Waals surface area contributed by atoms with Crippen molar-refractivity contribution in [1.29, 1.82) is 0 Å². The summed E-state index contributed by atoms with van der Waals surface area (Å²) in [4.78, 5) is 26.5. The molecule has 2 amide bonds. The first kappa shape index (κ1) is 20.6. The highest BCUT2D eigenvalue weighted by molar-refractivity contribution is 6.31. The summed E-state index contributed by atoms with van der Waals surface area (Å²) in [6, 6.07) is 11.2. The van der Waals surface area contributed by atoms with Crippen molar-refractivity contribution in [3.05, 3.63) is 69.2 Å². The Labute approximate surface area is 173 Å². The lowest BCUT2D eigenvalue weighted by Crippen LogP contribution is -2.59. The summed E-state index contributed by atoms with van der Waals surface area (Å²) in [5, 5.41) is 14.2. The van der Waals surface area contributed by atoms with Crippen LogP contribution >= 0.6 is 23.2 Å². The third-order valence-electron chi connectivity index (χ3n) is 4.85. The second-order valence-electron chi connectivity index (χ2n) is 6.63. The molecular weight excluding hydrogens is 401 g/mol. The van der Waals surface area contributed by atoms with Gasteiger partial charge in [-0.15, -0.1) is 0 Å². The van der Waals surface area contributed by atoms with Crippen LogP contribution in [0.4, 0.5) is 0 Å². The smallest absolute Gasteiger partial charge is 0.256 e. The first-order valence-electron chi connectivity index (χ1n) is 8.90.